The highest BCUT2D eigenvalue weighted by molar-refractivity contribution is 7.98. The highest BCUT2D eigenvalue weighted by Gasteiger charge is 2.33. The highest BCUT2D eigenvalue weighted by atomic mass is 32.2. The van der Waals surface area contributed by atoms with Gasteiger partial charge in [-0.3, -0.25) is 19.2 Å². The standard InChI is InChI=1S/C24H37N5O6S/c1-4-14(2)20(23(33)27-17(24(34)35)10-11-36-3)29-22(32)18(13-19(26)30)28-21(31)16(25)12-15-8-6-5-7-9-15/h5-9,14,16-18,20H,4,10-13,25H2,1-3H3,(H2,26,30)(H,27,33)(H,28,31)(H,29,32)(H,34,35). The topological polar surface area (TPSA) is 194 Å². The second-order valence-corrected chi connectivity index (χ2v) is 9.57. The predicted molar refractivity (Wildman–Crippen MR) is 138 cm³/mol. The molecule has 36 heavy (non-hydrogen) atoms. The molecule has 11 nitrogen and oxygen atoms in total. The number of benzene rings is 1. The number of nitrogens with two attached hydrogens (primary N) is 2. The predicted octanol–water partition coefficient (Wildman–Crippen LogP) is -0.230. The molecule has 200 valence electrons. The number of rotatable bonds is 16. The Balaban J connectivity index is 2.97. The molecule has 1 aromatic rings. The summed E-state index contributed by atoms with van der Waals surface area (Å²) in [5.74, 6) is -3.99. The largest absolute Gasteiger partial charge is 0.480 e. The van der Waals surface area contributed by atoms with Crippen molar-refractivity contribution in [3.63, 3.8) is 0 Å². The Kier molecular flexibility index (Phi) is 13.6. The number of thioether (sulfide) groups is 1. The molecule has 1 rings (SSSR count). The minimum Gasteiger partial charge on any atom is -0.480 e. The molecule has 0 saturated heterocycles. The van der Waals surface area contributed by atoms with Crippen LogP contribution in [0.5, 0.6) is 0 Å². The third-order valence-electron chi connectivity index (χ3n) is 5.69. The van der Waals surface area contributed by atoms with E-state index < -0.39 is 60.2 Å². The second-order valence-electron chi connectivity index (χ2n) is 8.58. The summed E-state index contributed by atoms with van der Waals surface area (Å²) in [5.41, 5.74) is 12.1. The van der Waals surface area contributed by atoms with Crippen molar-refractivity contribution in [2.24, 2.45) is 17.4 Å². The van der Waals surface area contributed by atoms with Gasteiger partial charge < -0.3 is 32.5 Å². The van der Waals surface area contributed by atoms with Crippen LogP contribution in [0.1, 0.15) is 38.7 Å². The van der Waals surface area contributed by atoms with Crippen molar-refractivity contribution in [3.8, 4) is 0 Å². The number of amides is 4. The van der Waals surface area contributed by atoms with Crippen molar-refractivity contribution in [2.75, 3.05) is 12.0 Å². The first kappa shape index (κ1) is 30.9. The van der Waals surface area contributed by atoms with Crippen LogP contribution in [-0.2, 0) is 30.4 Å². The molecule has 0 radical (unpaired) electrons. The van der Waals surface area contributed by atoms with Gasteiger partial charge in [0.2, 0.25) is 23.6 Å². The van der Waals surface area contributed by atoms with Crippen LogP contribution in [-0.4, -0.2) is 70.9 Å². The van der Waals surface area contributed by atoms with E-state index in [0.29, 0.717) is 12.2 Å². The number of carboxylic acid groups (broad SMARTS) is 1. The van der Waals surface area contributed by atoms with E-state index in [2.05, 4.69) is 16.0 Å². The minimum absolute atomic E-state index is 0.210. The van der Waals surface area contributed by atoms with Gasteiger partial charge in [0.15, 0.2) is 0 Å². The summed E-state index contributed by atoms with van der Waals surface area (Å²) >= 11 is 1.44. The van der Waals surface area contributed by atoms with Gasteiger partial charge >= 0.3 is 5.97 Å². The van der Waals surface area contributed by atoms with Gasteiger partial charge in [-0.1, -0.05) is 50.6 Å². The van der Waals surface area contributed by atoms with Crippen LogP contribution in [0.15, 0.2) is 30.3 Å². The van der Waals surface area contributed by atoms with Gasteiger partial charge in [0.1, 0.15) is 18.1 Å². The Morgan fingerprint density at radius 1 is 0.972 bits per heavy atom. The molecule has 0 fully saturated rings. The Morgan fingerprint density at radius 3 is 2.11 bits per heavy atom. The summed E-state index contributed by atoms with van der Waals surface area (Å²) in [5, 5.41) is 16.9. The Bertz CT molecular complexity index is 900. The molecule has 0 aromatic heterocycles. The summed E-state index contributed by atoms with van der Waals surface area (Å²) in [6.45, 7) is 3.53. The van der Waals surface area contributed by atoms with E-state index in [4.69, 9.17) is 11.5 Å². The van der Waals surface area contributed by atoms with Crippen molar-refractivity contribution in [1.82, 2.24) is 16.0 Å². The van der Waals surface area contributed by atoms with Crippen LogP contribution >= 0.6 is 11.8 Å². The van der Waals surface area contributed by atoms with Gasteiger partial charge in [-0.05, 0) is 36.3 Å². The van der Waals surface area contributed by atoms with Crippen LogP contribution < -0.4 is 27.4 Å². The summed E-state index contributed by atoms with van der Waals surface area (Å²) in [7, 11) is 0. The van der Waals surface area contributed by atoms with Crippen molar-refractivity contribution < 1.29 is 29.1 Å². The maximum atomic E-state index is 13.0. The van der Waals surface area contributed by atoms with E-state index in [9.17, 15) is 29.1 Å². The van der Waals surface area contributed by atoms with E-state index in [1.54, 1.807) is 31.2 Å². The van der Waals surface area contributed by atoms with E-state index in [0.717, 1.165) is 5.56 Å². The third-order valence-corrected chi connectivity index (χ3v) is 6.34. The summed E-state index contributed by atoms with van der Waals surface area (Å²) < 4.78 is 0. The molecule has 0 aliphatic rings. The molecule has 0 spiro atoms. The van der Waals surface area contributed by atoms with Crippen molar-refractivity contribution in [1.29, 1.82) is 0 Å². The van der Waals surface area contributed by atoms with Gasteiger partial charge in [0.25, 0.3) is 0 Å². The normalized spacial score (nSPS) is 15.0. The zero-order chi connectivity index (χ0) is 27.3. The second kappa shape index (κ2) is 15.8. The van der Waals surface area contributed by atoms with Gasteiger partial charge in [0.05, 0.1) is 12.5 Å². The quantitative estimate of drug-likeness (QED) is 0.171. The summed E-state index contributed by atoms with van der Waals surface area (Å²) in [6, 6.07) is 4.49. The third kappa shape index (κ3) is 10.6. The number of primary amides is 1. The molecular weight excluding hydrogens is 486 g/mol. The molecule has 0 aliphatic carbocycles. The number of carbonyl (C=O) groups is 5. The van der Waals surface area contributed by atoms with Crippen LogP contribution in [0.3, 0.4) is 0 Å². The highest BCUT2D eigenvalue weighted by Crippen LogP contribution is 2.11. The first-order chi connectivity index (χ1) is 17.0. The van der Waals surface area contributed by atoms with Gasteiger partial charge in [-0.15, -0.1) is 0 Å². The van der Waals surface area contributed by atoms with Crippen LogP contribution in [0.25, 0.3) is 0 Å². The fourth-order valence-electron chi connectivity index (χ4n) is 3.36. The molecule has 5 atom stereocenters. The number of carbonyl (C=O) groups excluding carboxylic acids is 4. The molecule has 4 amide bonds. The fourth-order valence-corrected chi connectivity index (χ4v) is 3.83. The number of hydrogen-bond acceptors (Lipinski definition) is 7. The average molecular weight is 524 g/mol. The van der Waals surface area contributed by atoms with Crippen LogP contribution in [0.2, 0.25) is 0 Å². The lowest BCUT2D eigenvalue weighted by atomic mass is 9.97. The van der Waals surface area contributed by atoms with E-state index in [1.165, 1.54) is 11.8 Å². The van der Waals surface area contributed by atoms with Crippen molar-refractivity contribution in [2.45, 2.75) is 63.7 Å². The SMILES string of the molecule is CCC(C)C(NC(=O)C(CC(N)=O)NC(=O)C(N)Cc1ccccc1)C(=O)NC(CCSC)C(=O)O. The first-order valence-electron chi connectivity index (χ1n) is 11.7. The lowest BCUT2D eigenvalue weighted by Crippen LogP contribution is -2.59. The first-order valence-corrected chi connectivity index (χ1v) is 13.1. The lowest BCUT2D eigenvalue weighted by Gasteiger charge is -2.28. The Labute approximate surface area is 215 Å². The zero-order valence-corrected chi connectivity index (χ0v) is 21.7. The van der Waals surface area contributed by atoms with Crippen LogP contribution in [0, 0.1) is 5.92 Å². The average Bonchev–Trinajstić information content (AvgIpc) is 2.83. The number of aliphatic carboxylic acids is 1. The number of hydrogen-bond donors (Lipinski definition) is 6. The number of carboxylic acids is 1. The molecule has 12 heteroatoms. The fraction of sp³-hybridized carbons (Fsp3) is 0.542. The molecule has 8 N–H and O–H groups in total. The zero-order valence-electron chi connectivity index (χ0n) is 20.9. The molecule has 0 heterocycles. The van der Waals surface area contributed by atoms with E-state index in [-0.39, 0.29) is 18.8 Å². The van der Waals surface area contributed by atoms with Gasteiger partial charge in [0, 0.05) is 0 Å². The summed E-state index contributed by atoms with van der Waals surface area (Å²) in [4.78, 5) is 61.8. The maximum absolute atomic E-state index is 13.0. The number of nitrogens with one attached hydrogen (secondary N) is 3. The minimum atomic E-state index is -1.36. The monoisotopic (exact) mass is 523 g/mol. The van der Waals surface area contributed by atoms with Crippen molar-refractivity contribution >= 4 is 41.4 Å². The van der Waals surface area contributed by atoms with Crippen LogP contribution in [0.4, 0.5) is 0 Å². The maximum Gasteiger partial charge on any atom is 0.326 e. The Morgan fingerprint density at radius 2 is 1.58 bits per heavy atom. The van der Waals surface area contributed by atoms with Crippen molar-refractivity contribution in [3.05, 3.63) is 35.9 Å². The van der Waals surface area contributed by atoms with Gasteiger partial charge in [-0.25, -0.2) is 4.79 Å². The van der Waals surface area contributed by atoms with Gasteiger partial charge in [-0.2, -0.15) is 11.8 Å². The summed E-state index contributed by atoms with van der Waals surface area (Å²) in [6.07, 6.45) is 2.23. The Hall–Kier alpha value is -3.12. The smallest absolute Gasteiger partial charge is 0.326 e. The molecule has 0 aliphatic heterocycles. The molecule has 5 unspecified atom stereocenters. The van der Waals surface area contributed by atoms with E-state index >= 15 is 0 Å². The lowest BCUT2D eigenvalue weighted by molar-refractivity contribution is -0.142. The molecule has 0 bridgehead atoms. The molecule has 0 saturated carbocycles. The van der Waals surface area contributed by atoms with E-state index in [1.807, 2.05) is 19.2 Å². The molecular formula is C24H37N5O6S. The molecule has 1 aromatic carbocycles.